The molecule has 1 saturated heterocycles. The molecule has 1 aromatic heterocycles. The smallest absolute Gasteiger partial charge is 0.296 e. The first kappa shape index (κ1) is 20.9. The third kappa shape index (κ3) is 4.25. The lowest BCUT2D eigenvalue weighted by Crippen LogP contribution is -2.45. The number of carbonyl (C=O) groups excluding carboxylic acids is 1. The van der Waals surface area contributed by atoms with Crippen molar-refractivity contribution < 1.29 is 14.5 Å². The number of anilines is 1. The number of amides is 1. The van der Waals surface area contributed by atoms with Gasteiger partial charge in [-0.2, -0.15) is 0 Å². The number of nitro benzene ring substituents is 1. The number of hydrogen-bond acceptors (Lipinski definition) is 5. The average molecular weight is 422 g/mol. The maximum atomic E-state index is 12.8. The Labute approximate surface area is 180 Å². The van der Waals surface area contributed by atoms with Crippen molar-refractivity contribution in [1.82, 2.24) is 9.88 Å². The van der Waals surface area contributed by atoms with E-state index in [1.165, 1.54) is 30.2 Å². The van der Waals surface area contributed by atoms with E-state index in [0.29, 0.717) is 11.7 Å². The Kier molecular flexibility index (Phi) is 5.90. The normalized spacial score (nSPS) is 16.2. The number of methoxy groups -OCH3 is 1. The number of rotatable bonds is 6. The number of benzene rings is 2. The first-order valence-corrected chi connectivity index (χ1v) is 10.4. The van der Waals surface area contributed by atoms with Gasteiger partial charge in [0, 0.05) is 17.1 Å². The van der Waals surface area contributed by atoms with Crippen LogP contribution in [0.2, 0.25) is 0 Å². The summed E-state index contributed by atoms with van der Waals surface area (Å²) in [7, 11) is 1.44. The van der Waals surface area contributed by atoms with Gasteiger partial charge in [-0.25, -0.2) is 0 Å². The van der Waals surface area contributed by atoms with E-state index in [4.69, 9.17) is 4.74 Å². The third-order valence-corrected chi connectivity index (χ3v) is 6.18. The van der Waals surface area contributed by atoms with Crippen molar-refractivity contribution in [3.63, 3.8) is 0 Å². The number of aromatic nitrogens is 1. The summed E-state index contributed by atoms with van der Waals surface area (Å²) >= 11 is 0. The minimum atomic E-state index is -0.518. The van der Waals surface area contributed by atoms with E-state index in [1.807, 2.05) is 13.0 Å². The van der Waals surface area contributed by atoms with Crippen LogP contribution in [-0.4, -0.2) is 47.0 Å². The molecule has 0 bridgehead atoms. The summed E-state index contributed by atoms with van der Waals surface area (Å²) in [4.78, 5) is 29.1. The van der Waals surface area contributed by atoms with Crippen molar-refractivity contribution in [2.75, 3.05) is 25.5 Å². The first-order valence-electron chi connectivity index (χ1n) is 10.4. The molecule has 1 fully saturated rings. The number of carbonyl (C=O) groups is 1. The average Bonchev–Trinajstić information content (AvgIpc) is 3.23. The number of piperidine rings is 1. The molecular formula is C23H26N4O4. The van der Waals surface area contributed by atoms with Gasteiger partial charge in [-0.15, -0.1) is 0 Å². The second-order valence-corrected chi connectivity index (χ2v) is 7.91. The van der Waals surface area contributed by atoms with Gasteiger partial charge in [-0.05, 0) is 62.5 Å². The van der Waals surface area contributed by atoms with E-state index >= 15 is 0 Å². The van der Waals surface area contributed by atoms with Gasteiger partial charge < -0.3 is 15.0 Å². The molecule has 0 spiro atoms. The number of likely N-dealkylation sites (tertiary alicyclic amines) is 1. The van der Waals surface area contributed by atoms with E-state index in [2.05, 4.69) is 39.6 Å². The van der Waals surface area contributed by atoms with Crippen LogP contribution in [0.5, 0.6) is 5.75 Å². The lowest BCUT2D eigenvalue weighted by Gasteiger charge is -2.35. The van der Waals surface area contributed by atoms with Crippen LogP contribution in [0.3, 0.4) is 0 Å². The summed E-state index contributed by atoms with van der Waals surface area (Å²) in [5.41, 5.74) is 2.48. The Balaban J connectivity index is 1.40. The molecule has 1 aliphatic rings. The number of hydrogen-bond donors (Lipinski definition) is 2. The molecule has 1 aliphatic heterocycles. The minimum absolute atomic E-state index is 0.177. The fourth-order valence-electron chi connectivity index (χ4n) is 4.33. The summed E-state index contributed by atoms with van der Waals surface area (Å²) < 4.78 is 5.05. The van der Waals surface area contributed by atoms with Gasteiger partial charge in [-0.3, -0.25) is 19.8 Å². The number of nitrogens with zero attached hydrogens (tertiary/aromatic N) is 2. The van der Waals surface area contributed by atoms with Crippen molar-refractivity contribution in [3.05, 3.63) is 64.3 Å². The molecule has 162 valence electrons. The Hall–Kier alpha value is -3.39. The van der Waals surface area contributed by atoms with Gasteiger partial charge in [0.05, 0.1) is 24.1 Å². The summed E-state index contributed by atoms with van der Waals surface area (Å²) in [5, 5.41) is 15.4. The molecule has 0 saturated carbocycles. The van der Waals surface area contributed by atoms with Crippen LogP contribution < -0.4 is 10.1 Å². The van der Waals surface area contributed by atoms with Gasteiger partial charge in [0.2, 0.25) is 5.91 Å². The molecule has 0 aliphatic carbocycles. The van der Waals surface area contributed by atoms with Crippen LogP contribution in [0, 0.1) is 10.1 Å². The van der Waals surface area contributed by atoms with Crippen molar-refractivity contribution in [2.24, 2.45) is 0 Å². The van der Waals surface area contributed by atoms with Crippen LogP contribution in [0.1, 0.15) is 31.2 Å². The molecular weight excluding hydrogens is 396 g/mol. The Bertz CT molecular complexity index is 1100. The van der Waals surface area contributed by atoms with Crippen LogP contribution >= 0.6 is 0 Å². The molecule has 8 nitrogen and oxygen atoms in total. The number of aromatic amines is 1. The van der Waals surface area contributed by atoms with E-state index in [1.54, 1.807) is 6.07 Å². The zero-order chi connectivity index (χ0) is 22.0. The number of nitro groups is 1. The molecule has 8 heteroatoms. The van der Waals surface area contributed by atoms with Crippen molar-refractivity contribution in [3.8, 4) is 5.75 Å². The number of para-hydroxylation sites is 1. The molecule has 2 aromatic carbocycles. The van der Waals surface area contributed by atoms with Gasteiger partial charge in [-0.1, -0.05) is 18.2 Å². The van der Waals surface area contributed by atoms with Crippen LogP contribution in [-0.2, 0) is 4.79 Å². The Morgan fingerprint density at radius 2 is 2.00 bits per heavy atom. The predicted octanol–water partition coefficient (Wildman–Crippen LogP) is 4.29. The Morgan fingerprint density at radius 3 is 2.71 bits per heavy atom. The summed E-state index contributed by atoms with van der Waals surface area (Å²) in [5.74, 6) is 0.571. The van der Waals surface area contributed by atoms with Gasteiger partial charge in [0.1, 0.15) is 11.4 Å². The van der Waals surface area contributed by atoms with Crippen molar-refractivity contribution >= 4 is 28.2 Å². The summed E-state index contributed by atoms with van der Waals surface area (Å²) in [6.07, 6.45) is 4.02. The molecule has 3 aromatic rings. The molecule has 1 unspecified atom stereocenters. The molecule has 1 amide bonds. The summed E-state index contributed by atoms with van der Waals surface area (Å²) in [6, 6.07) is 12.3. The fourth-order valence-corrected chi connectivity index (χ4v) is 4.33. The van der Waals surface area contributed by atoms with Crippen LogP contribution in [0.4, 0.5) is 11.4 Å². The molecule has 4 rings (SSSR count). The molecule has 0 radical (unpaired) electrons. The zero-order valence-corrected chi connectivity index (χ0v) is 17.6. The number of ether oxygens (including phenoxy) is 1. The Morgan fingerprint density at radius 1 is 1.26 bits per heavy atom. The van der Waals surface area contributed by atoms with Crippen LogP contribution in [0.25, 0.3) is 10.9 Å². The van der Waals surface area contributed by atoms with Crippen molar-refractivity contribution in [1.29, 1.82) is 0 Å². The monoisotopic (exact) mass is 422 g/mol. The highest BCUT2D eigenvalue weighted by molar-refractivity contribution is 5.96. The predicted molar refractivity (Wildman–Crippen MR) is 120 cm³/mol. The van der Waals surface area contributed by atoms with Gasteiger partial charge in [0.25, 0.3) is 5.69 Å². The lowest BCUT2D eigenvalue weighted by molar-refractivity contribution is -0.384. The third-order valence-electron chi connectivity index (χ3n) is 6.18. The standard InChI is InChI=1S/C23H26N4O4/c1-15(23(28)25-21-8-7-17(31-2)13-22(21)27(29)30)26-11-9-16(10-12-26)19-14-24-20-6-4-3-5-18(19)20/h3-8,13-16,24H,9-12H2,1-2H3,(H,25,28). The highest BCUT2D eigenvalue weighted by atomic mass is 16.6. The number of H-pyrrole nitrogens is 1. The van der Waals surface area contributed by atoms with Crippen molar-refractivity contribution in [2.45, 2.75) is 31.7 Å². The zero-order valence-electron chi connectivity index (χ0n) is 17.6. The fraction of sp³-hybridized carbons (Fsp3) is 0.348. The maximum Gasteiger partial charge on any atom is 0.296 e. The van der Waals surface area contributed by atoms with Crippen LogP contribution in [0.15, 0.2) is 48.7 Å². The highest BCUT2D eigenvalue weighted by Gasteiger charge is 2.29. The van der Waals surface area contributed by atoms with E-state index in [-0.39, 0.29) is 23.3 Å². The van der Waals surface area contributed by atoms with Gasteiger partial charge >= 0.3 is 0 Å². The number of nitrogens with one attached hydrogen (secondary N) is 2. The topological polar surface area (TPSA) is 100 Å². The largest absolute Gasteiger partial charge is 0.496 e. The number of fused-ring (bicyclic) bond motifs is 1. The first-order chi connectivity index (χ1) is 15.0. The highest BCUT2D eigenvalue weighted by Crippen LogP contribution is 2.34. The second kappa shape index (κ2) is 8.77. The molecule has 31 heavy (non-hydrogen) atoms. The van der Waals surface area contributed by atoms with Gasteiger partial charge in [0.15, 0.2) is 0 Å². The van der Waals surface area contributed by atoms with E-state index < -0.39 is 4.92 Å². The summed E-state index contributed by atoms with van der Waals surface area (Å²) in [6.45, 7) is 3.43. The minimum Gasteiger partial charge on any atom is -0.496 e. The van der Waals surface area contributed by atoms with E-state index in [9.17, 15) is 14.9 Å². The maximum absolute atomic E-state index is 12.8. The molecule has 1 atom stereocenters. The molecule has 2 heterocycles. The lowest BCUT2D eigenvalue weighted by atomic mass is 9.88. The van der Waals surface area contributed by atoms with E-state index in [0.717, 1.165) is 31.4 Å². The quantitative estimate of drug-likeness (QED) is 0.456. The second-order valence-electron chi connectivity index (χ2n) is 7.91. The SMILES string of the molecule is COc1ccc(NC(=O)C(C)N2CCC(c3c[nH]c4ccccc34)CC2)c([N+](=O)[O-])c1. The molecule has 2 N–H and O–H groups in total.